The van der Waals surface area contributed by atoms with E-state index in [-0.39, 0.29) is 11.8 Å². The zero-order valence-corrected chi connectivity index (χ0v) is 18.7. The number of ether oxygens (including phenoxy) is 3. The molecule has 0 unspecified atom stereocenters. The fourth-order valence-electron chi connectivity index (χ4n) is 3.72. The number of thiocarbonyl (C=S) groups is 1. The Balaban J connectivity index is 1.44. The smallest absolute Gasteiger partial charge is 0.230 e. The lowest BCUT2D eigenvalue weighted by Crippen LogP contribution is -2.37. The molecular formula is C23H24N4O4S. The molecular weight excluding hydrogens is 428 g/mol. The lowest BCUT2D eigenvalue weighted by Gasteiger charge is -2.13. The number of nitrogens with one attached hydrogen (secondary N) is 2. The van der Waals surface area contributed by atoms with Crippen LogP contribution in [-0.4, -0.2) is 35.2 Å². The molecule has 1 aliphatic rings. The second-order valence-electron chi connectivity index (χ2n) is 7.45. The van der Waals surface area contributed by atoms with E-state index in [9.17, 15) is 4.79 Å². The van der Waals surface area contributed by atoms with Gasteiger partial charge in [-0.25, -0.2) is 9.97 Å². The number of carbonyl (C=O) groups is 1. The van der Waals surface area contributed by atoms with Crippen molar-refractivity contribution in [1.29, 1.82) is 0 Å². The van der Waals surface area contributed by atoms with Crippen molar-refractivity contribution in [2.45, 2.75) is 25.7 Å². The second-order valence-corrected chi connectivity index (χ2v) is 7.86. The molecule has 1 fully saturated rings. The highest BCUT2D eigenvalue weighted by Crippen LogP contribution is 2.35. The molecule has 0 radical (unpaired) electrons. The molecule has 4 rings (SSSR count). The van der Waals surface area contributed by atoms with E-state index in [0.29, 0.717) is 39.1 Å². The van der Waals surface area contributed by atoms with Crippen molar-refractivity contribution in [3.05, 3.63) is 42.7 Å². The summed E-state index contributed by atoms with van der Waals surface area (Å²) in [4.78, 5) is 20.8. The Kier molecular flexibility index (Phi) is 6.65. The Morgan fingerprint density at radius 3 is 2.41 bits per heavy atom. The number of amides is 1. The SMILES string of the molecule is COc1cc2ncnc(Oc3ccc(NC(=S)NC(=O)C4CCCC4)cc3)c2cc1OC. The van der Waals surface area contributed by atoms with Gasteiger partial charge in [-0.15, -0.1) is 0 Å². The van der Waals surface area contributed by atoms with E-state index in [1.807, 2.05) is 12.1 Å². The third-order valence-electron chi connectivity index (χ3n) is 5.39. The highest BCUT2D eigenvalue weighted by Gasteiger charge is 2.23. The van der Waals surface area contributed by atoms with Gasteiger partial charge in [0.15, 0.2) is 16.6 Å². The lowest BCUT2D eigenvalue weighted by molar-refractivity contribution is -0.123. The monoisotopic (exact) mass is 452 g/mol. The Morgan fingerprint density at radius 2 is 1.72 bits per heavy atom. The topological polar surface area (TPSA) is 94.6 Å². The molecule has 1 aromatic heterocycles. The number of benzene rings is 2. The maximum absolute atomic E-state index is 12.2. The van der Waals surface area contributed by atoms with Gasteiger partial charge >= 0.3 is 0 Å². The first-order valence-corrected chi connectivity index (χ1v) is 10.7. The minimum atomic E-state index is -0.0114. The minimum Gasteiger partial charge on any atom is -0.493 e. The minimum absolute atomic E-state index is 0.0114. The lowest BCUT2D eigenvalue weighted by atomic mass is 10.1. The molecule has 8 nitrogen and oxygen atoms in total. The summed E-state index contributed by atoms with van der Waals surface area (Å²) < 4.78 is 16.7. The van der Waals surface area contributed by atoms with Crippen LogP contribution in [0.25, 0.3) is 10.9 Å². The predicted molar refractivity (Wildman–Crippen MR) is 125 cm³/mol. The van der Waals surface area contributed by atoms with Crippen LogP contribution < -0.4 is 24.8 Å². The Bertz CT molecular complexity index is 1130. The molecule has 3 aromatic rings. The molecule has 1 saturated carbocycles. The number of methoxy groups -OCH3 is 2. The number of aromatic nitrogens is 2. The van der Waals surface area contributed by atoms with Crippen molar-refractivity contribution in [3.8, 4) is 23.1 Å². The van der Waals surface area contributed by atoms with Gasteiger partial charge in [-0.05, 0) is 55.4 Å². The third-order valence-corrected chi connectivity index (χ3v) is 5.60. The van der Waals surface area contributed by atoms with Crippen LogP contribution in [0, 0.1) is 5.92 Å². The second kappa shape index (κ2) is 9.78. The first kappa shape index (κ1) is 21.8. The molecule has 0 atom stereocenters. The molecule has 9 heteroatoms. The summed E-state index contributed by atoms with van der Waals surface area (Å²) in [5.74, 6) is 2.18. The Hall–Kier alpha value is -3.46. The third kappa shape index (κ3) is 4.88. The summed E-state index contributed by atoms with van der Waals surface area (Å²) in [5, 5.41) is 6.80. The molecule has 0 spiro atoms. The predicted octanol–water partition coefficient (Wildman–Crippen LogP) is 4.44. The van der Waals surface area contributed by atoms with Gasteiger partial charge in [0.25, 0.3) is 0 Å². The van der Waals surface area contributed by atoms with Crippen LogP contribution in [0.5, 0.6) is 23.1 Å². The standard InChI is InChI=1S/C23H24N4O4S/c1-29-19-11-17-18(12-20(19)30-2)24-13-25-22(17)31-16-9-7-15(8-10-16)26-23(32)27-21(28)14-5-3-4-6-14/h7-14H,3-6H2,1-2H3,(H2,26,27,28,32). The highest BCUT2D eigenvalue weighted by molar-refractivity contribution is 7.80. The Morgan fingerprint density at radius 1 is 1.03 bits per heavy atom. The average Bonchev–Trinajstić information content (AvgIpc) is 3.35. The van der Waals surface area contributed by atoms with Gasteiger partial charge in [0, 0.05) is 17.7 Å². The highest BCUT2D eigenvalue weighted by atomic mass is 32.1. The van der Waals surface area contributed by atoms with Gasteiger partial charge in [-0.3, -0.25) is 4.79 Å². The number of carbonyl (C=O) groups excluding carboxylic acids is 1. The molecule has 0 saturated heterocycles. The summed E-state index contributed by atoms with van der Waals surface area (Å²) in [6, 6.07) is 10.8. The van der Waals surface area contributed by atoms with Gasteiger partial charge in [0.1, 0.15) is 12.1 Å². The van der Waals surface area contributed by atoms with Gasteiger partial charge in [0.05, 0.1) is 25.1 Å². The number of hydrogen-bond donors (Lipinski definition) is 2. The zero-order valence-electron chi connectivity index (χ0n) is 17.9. The van der Waals surface area contributed by atoms with Crippen molar-refractivity contribution in [2.24, 2.45) is 5.92 Å². The number of hydrogen-bond acceptors (Lipinski definition) is 7. The molecule has 1 aliphatic carbocycles. The number of fused-ring (bicyclic) bond motifs is 1. The molecule has 2 aromatic carbocycles. The van der Waals surface area contributed by atoms with E-state index < -0.39 is 0 Å². The van der Waals surface area contributed by atoms with E-state index in [0.717, 1.165) is 31.4 Å². The summed E-state index contributed by atoms with van der Waals surface area (Å²) in [6.07, 6.45) is 5.49. The molecule has 1 heterocycles. The fourth-order valence-corrected chi connectivity index (χ4v) is 3.94. The number of nitrogens with zero attached hydrogens (tertiary/aromatic N) is 2. The van der Waals surface area contributed by atoms with Crippen molar-refractivity contribution in [3.63, 3.8) is 0 Å². The van der Waals surface area contributed by atoms with Crippen LogP contribution in [0.1, 0.15) is 25.7 Å². The number of rotatable bonds is 6. The van der Waals surface area contributed by atoms with Gasteiger partial charge in [-0.2, -0.15) is 0 Å². The van der Waals surface area contributed by atoms with E-state index >= 15 is 0 Å². The van der Waals surface area contributed by atoms with Gasteiger partial charge in [-0.1, -0.05) is 12.8 Å². The molecule has 32 heavy (non-hydrogen) atoms. The molecule has 0 aliphatic heterocycles. The van der Waals surface area contributed by atoms with Crippen molar-refractivity contribution >= 4 is 39.8 Å². The van der Waals surface area contributed by atoms with Crippen LogP contribution in [0.3, 0.4) is 0 Å². The van der Waals surface area contributed by atoms with E-state index in [1.54, 1.807) is 38.5 Å². The van der Waals surface area contributed by atoms with Gasteiger partial charge < -0.3 is 24.8 Å². The maximum atomic E-state index is 12.2. The Labute approximate surface area is 191 Å². The molecule has 0 bridgehead atoms. The van der Waals surface area contributed by atoms with E-state index in [4.69, 9.17) is 26.4 Å². The van der Waals surface area contributed by atoms with Crippen LogP contribution in [0.4, 0.5) is 5.69 Å². The van der Waals surface area contributed by atoms with Crippen LogP contribution in [0.2, 0.25) is 0 Å². The molecule has 166 valence electrons. The normalized spacial score (nSPS) is 13.6. The van der Waals surface area contributed by atoms with Crippen molar-refractivity contribution in [2.75, 3.05) is 19.5 Å². The van der Waals surface area contributed by atoms with E-state index in [2.05, 4.69) is 20.6 Å². The largest absolute Gasteiger partial charge is 0.493 e. The van der Waals surface area contributed by atoms with Crippen molar-refractivity contribution < 1.29 is 19.0 Å². The van der Waals surface area contributed by atoms with Crippen LogP contribution >= 0.6 is 12.2 Å². The summed E-state index contributed by atoms with van der Waals surface area (Å²) in [6.45, 7) is 0. The fraction of sp³-hybridized carbons (Fsp3) is 0.304. The summed E-state index contributed by atoms with van der Waals surface area (Å²) in [7, 11) is 3.14. The average molecular weight is 453 g/mol. The van der Waals surface area contributed by atoms with Crippen LogP contribution in [0.15, 0.2) is 42.7 Å². The molecule has 1 amide bonds. The zero-order chi connectivity index (χ0) is 22.5. The van der Waals surface area contributed by atoms with E-state index in [1.165, 1.54) is 6.33 Å². The number of anilines is 1. The van der Waals surface area contributed by atoms with Crippen LogP contribution in [-0.2, 0) is 4.79 Å². The molecule has 2 N–H and O–H groups in total. The first-order chi connectivity index (χ1) is 15.6. The quantitative estimate of drug-likeness (QED) is 0.530. The summed E-state index contributed by atoms with van der Waals surface area (Å²) in [5.41, 5.74) is 1.42. The maximum Gasteiger partial charge on any atom is 0.230 e. The van der Waals surface area contributed by atoms with Gasteiger partial charge in [0.2, 0.25) is 11.8 Å². The summed E-state index contributed by atoms with van der Waals surface area (Å²) >= 11 is 5.27. The first-order valence-electron chi connectivity index (χ1n) is 10.3. The van der Waals surface area contributed by atoms with Crippen molar-refractivity contribution in [1.82, 2.24) is 15.3 Å².